The third kappa shape index (κ3) is 2.55. The lowest BCUT2D eigenvalue weighted by molar-refractivity contribution is -0.372. The molecule has 1 aliphatic heterocycles. The average Bonchev–Trinajstić information content (AvgIpc) is 2.46. The van der Waals surface area contributed by atoms with Crippen LogP contribution in [-0.4, -0.2) is 79.0 Å². The predicted molar refractivity (Wildman–Crippen MR) is 68.9 cm³/mol. The van der Waals surface area contributed by atoms with Crippen LogP contribution in [0.1, 0.15) is 20.3 Å². The van der Waals surface area contributed by atoms with Crippen LogP contribution in [0.5, 0.6) is 0 Å². The first kappa shape index (κ1) is 18.2. The highest BCUT2D eigenvalue weighted by Crippen LogP contribution is 2.40. The van der Waals surface area contributed by atoms with E-state index in [2.05, 4.69) is 0 Å². The molecule has 1 fully saturated rings. The number of ether oxygens (including phenoxy) is 1. The predicted octanol–water partition coefficient (Wildman–Crippen LogP) is -3.02. The molecule has 7 unspecified atom stereocenters. The molecule has 1 saturated heterocycles. The zero-order valence-electron chi connectivity index (χ0n) is 11.9. The molecule has 0 radical (unpaired) electrons. The summed E-state index contributed by atoms with van der Waals surface area (Å²) < 4.78 is 5.01. The lowest BCUT2D eigenvalue weighted by Crippen LogP contribution is -2.80. The summed E-state index contributed by atoms with van der Waals surface area (Å²) in [7, 11) is 0. The molecule has 0 amide bonds. The second kappa shape index (κ2) is 6.13. The van der Waals surface area contributed by atoms with E-state index in [1.807, 2.05) is 0 Å². The highest BCUT2D eigenvalue weighted by molar-refractivity contribution is 5.80. The third-order valence-electron chi connectivity index (χ3n) is 4.30. The summed E-state index contributed by atoms with van der Waals surface area (Å²) in [6.45, 7) is 2.26. The molecular formula is C12H23NO8. The molecule has 124 valence electrons. The molecule has 0 aromatic heterocycles. The van der Waals surface area contributed by atoms with Gasteiger partial charge in [0, 0.05) is 0 Å². The minimum Gasteiger partial charge on any atom is -0.480 e. The van der Waals surface area contributed by atoms with Crippen LogP contribution in [0, 0.1) is 5.92 Å². The number of carboxylic acid groups (broad SMARTS) is 1. The Morgan fingerprint density at radius 2 is 1.90 bits per heavy atom. The van der Waals surface area contributed by atoms with Crippen molar-refractivity contribution in [3.63, 3.8) is 0 Å². The van der Waals surface area contributed by atoms with Crippen LogP contribution in [0.25, 0.3) is 0 Å². The van der Waals surface area contributed by atoms with Gasteiger partial charge in [-0.05, 0) is 5.92 Å². The van der Waals surface area contributed by atoms with Gasteiger partial charge in [-0.25, -0.2) is 4.79 Å². The molecule has 8 N–H and O–H groups in total. The number of rotatable bonds is 5. The van der Waals surface area contributed by atoms with Crippen molar-refractivity contribution in [2.45, 2.75) is 56.0 Å². The zero-order chi connectivity index (χ0) is 16.6. The van der Waals surface area contributed by atoms with Crippen molar-refractivity contribution < 1.29 is 40.2 Å². The molecule has 0 spiro atoms. The molecule has 0 saturated carbocycles. The van der Waals surface area contributed by atoms with Gasteiger partial charge in [-0.2, -0.15) is 0 Å². The summed E-state index contributed by atoms with van der Waals surface area (Å²) in [5.41, 5.74) is 3.36. The molecule has 0 aromatic rings. The van der Waals surface area contributed by atoms with Crippen LogP contribution in [0.2, 0.25) is 0 Å². The third-order valence-corrected chi connectivity index (χ3v) is 4.30. The quantitative estimate of drug-likeness (QED) is 0.279. The molecule has 9 heteroatoms. The van der Waals surface area contributed by atoms with Crippen LogP contribution >= 0.6 is 0 Å². The van der Waals surface area contributed by atoms with Gasteiger partial charge in [0.15, 0.2) is 5.54 Å². The monoisotopic (exact) mass is 309 g/mol. The molecule has 7 atom stereocenters. The maximum absolute atomic E-state index is 11.6. The van der Waals surface area contributed by atoms with Crippen molar-refractivity contribution in [1.29, 1.82) is 0 Å². The Balaban J connectivity index is 3.36. The molecule has 0 aromatic carbocycles. The Morgan fingerprint density at radius 3 is 2.29 bits per heavy atom. The summed E-state index contributed by atoms with van der Waals surface area (Å²) >= 11 is 0. The summed E-state index contributed by atoms with van der Waals surface area (Å²) in [6, 6.07) is 0. The molecule has 0 aliphatic carbocycles. The van der Waals surface area contributed by atoms with E-state index in [0.29, 0.717) is 0 Å². The minimum absolute atomic E-state index is 0.240. The van der Waals surface area contributed by atoms with Gasteiger partial charge in [-0.15, -0.1) is 0 Å². The maximum Gasteiger partial charge on any atom is 0.329 e. The highest BCUT2D eigenvalue weighted by atomic mass is 16.7. The van der Waals surface area contributed by atoms with E-state index in [-0.39, 0.29) is 6.42 Å². The van der Waals surface area contributed by atoms with E-state index < -0.39 is 54.2 Å². The number of carbonyl (C=O) groups is 1. The zero-order valence-corrected chi connectivity index (χ0v) is 11.9. The average molecular weight is 309 g/mol. The van der Waals surface area contributed by atoms with Gasteiger partial charge in [0.1, 0.15) is 24.4 Å². The van der Waals surface area contributed by atoms with Crippen LogP contribution in [-0.2, 0) is 9.53 Å². The molecule has 1 heterocycles. The fraction of sp³-hybridized carbons (Fsp3) is 0.917. The Kier molecular flexibility index (Phi) is 5.32. The van der Waals surface area contributed by atoms with E-state index in [9.17, 15) is 30.3 Å². The number of hydrogen-bond donors (Lipinski definition) is 7. The van der Waals surface area contributed by atoms with Gasteiger partial charge < -0.3 is 41.1 Å². The van der Waals surface area contributed by atoms with Crippen molar-refractivity contribution in [1.82, 2.24) is 0 Å². The largest absolute Gasteiger partial charge is 0.480 e. The first-order valence-corrected chi connectivity index (χ1v) is 6.65. The van der Waals surface area contributed by atoms with Crippen molar-refractivity contribution in [2.75, 3.05) is 6.61 Å². The number of nitrogens with two attached hydrogens (primary N) is 1. The van der Waals surface area contributed by atoms with E-state index in [1.165, 1.54) is 6.92 Å². The smallest absolute Gasteiger partial charge is 0.329 e. The number of aliphatic hydroxyl groups excluding tert-OH is 4. The highest BCUT2D eigenvalue weighted by Gasteiger charge is 2.67. The summed E-state index contributed by atoms with van der Waals surface area (Å²) in [6.07, 6.45) is -7.03. The van der Waals surface area contributed by atoms with Crippen LogP contribution in [0.3, 0.4) is 0 Å². The summed E-state index contributed by atoms with van der Waals surface area (Å²) in [5.74, 6) is -5.35. The second-order valence-corrected chi connectivity index (χ2v) is 5.44. The Labute approximate surface area is 121 Å². The number of aliphatic carboxylic acids is 1. The van der Waals surface area contributed by atoms with Gasteiger partial charge in [0.05, 0.1) is 6.61 Å². The topological polar surface area (TPSA) is 174 Å². The van der Waals surface area contributed by atoms with Crippen molar-refractivity contribution in [2.24, 2.45) is 11.7 Å². The molecule has 1 rings (SSSR count). The van der Waals surface area contributed by atoms with E-state index in [4.69, 9.17) is 15.6 Å². The van der Waals surface area contributed by atoms with Gasteiger partial charge in [-0.1, -0.05) is 20.3 Å². The lowest BCUT2D eigenvalue weighted by Gasteiger charge is -2.53. The molecule has 0 bridgehead atoms. The van der Waals surface area contributed by atoms with Crippen molar-refractivity contribution in [3.05, 3.63) is 0 Å². The lowest BCUT2D eigenvalue weighted by atomic mass is 9.72. The van der Waals surface area contributed by atoms with Crippen LogP contribution in [0.15, 0.2) is 0 Å². The molecule has 9 nitrogen and oxygen atoms in total. The van der Waals surface area contributed by atoms with Crippen LogP contribution in [0.4, 0.5) is 0 Å². The van der Waals surface area contributed by atoms with Gasteiger partial charge in [-0.3, -0.25) is 0 Å². The van der Waals surface area contributed by atoms with E-state index in [1.54, 1.807) is 6.92 Å². The van der Waals surface area contributed by atoms with E-state index in [0.717, 1.165) is 0 Å². The Morgan fingerprint density at radius 1 is 1.38 bits per heavy atom. The fourth-order valence-electron chi connectivity index (χ4n) is 2.53. The second-order valence-electron chi connectivity index (χ2n) is 5.44. The fourth-order valence-corrected chi connectivity index (χ4v) is 2.53. The molecule has 21 heavy (non-hydrogen) atoms. The number of aliphatic hydroxyl groups is 5. The van der Waals surface area contributed by atoms with Gasteiger partial charge in [0.25, 0.3) is 0 Å². The van der Waals surface area contributed by atoms with Crippen molar-refractivity contribution in [3.8, 4) is 0 Å². The maximum atomic E-state index is 11.6. The van der Waals surface area contributed by atoms with Gasteiger partial charge in [0.2, 0.25) is 5.79 Å². The SMILES string of the molecule is CCC(C)C(N)(C(=O)O)C1(O)OC(CO)C(O)C(O)C1O. The van der Waals surface area contributed by atoms with Crippen molar-refractivity contribution >= 4 is 5.97 Å². The summed E-state index contributed by atoms with van der Waals surface area (Å²) in [4.78, 5) is 11.6. The number of carboxylic acids is 1. The van der Waals surface area contributed by atoms with Gasteiger partial charge >= 0.3 is 5.97 Å². The Bertz CT molecular complexity index is 391. The molecule has 1 aliphatic rings. The number of hydrogen-bond acceptors (Lipinski definition) is 8. The van der Waals surface area contributed by atoms with E-state index >= 15 is 0 Å². The van der Waals surface area contributed by atoms with Crippen LogP contribution < -0.4 is 5.73 Å². The first-order chi connectivity index (χ1) is 9.57. The normalized spacial score (nSPS) is 41.3. The minimum atomic E-state index is -2.87. The standard InChI is InChI=1S/C12H23NO8/c1-3-5(2)11(13,10(18)19)12(20)9(17)8(16)7(15)6(4-14)21-12/h5-9,14-17,20H,3-4,13H2,1-2H3,(H,18,19). The Hall–Kier alpha value is -0.810. The first-order valence-electron chi connectivity index (χ1n) is 6.65. The summed E-state index contributed by atoms with van der Waals surface area (Å²) in [5, 5.41) is 58.5. The molecular weight excluding hydrogens is 286 g/mol.